The number of hydrogen-bond acceptors (Lipinski definition) is 6. The summed E-state index contributed by atoms with van der Waals surface area (Å²) in [5.74, 6) is -3.35. The lowest BCUT2D eigenvalue weighted by Crippen LogP contribution is -2.37. The van der Waals surface area contributed by atoms with Crippen LogP contribution in [0.4, 0.5) is 24.5 Å². The number of rotatable bonds is 6. The Balaban J connectivity index is 0.000000505. The van der Waals surface area contributed by atoms with Crippen molar-refractivity contribution < 1.29 is 46.1 Å². The molecule has 1 aliphatic carbocycles. The van der Waals surface area contributed by atoms with Gasteiger partial charge in [-0.25, -0.2) is 18.0 Å². The standard InChI is InChI=1S/C23H28N2O5S.C2HF3O2/c26-23(27)21-16-19(8-11-22(21)25-12-14-30-15-13-25)24-31(28,29)20-9-6-18(7-10-20)17-4-2-1-3-5-17;3-2(4,5)1(6)7/h6-11,16-17,24H,1-5,12-15H2,(H,26,27);(H,6,7). The Morgan fingerprint density at radius 3 is 2.05 bits per heavy atom. The zero-order chi connectivity index (χ0) is 27.9. The monoisotopic (exact) mass is 558 g/mol. The Bertz CT molecular complexity index is 1220. The fourth-order valence-corrected chi connectivity index (χ4v) is 5.47. The largest absolute Gasteiger partial charge is 0.490 e. The first-order chi connectivity index (χ1) is 17.9. The molecule has 9 nitrogen and oxygen atoms in total. The van der Waals surface area contributed by atoms with Crippen LogP contribution in [0.25, 0.3) is 0 Å². The molecule has 0 aromatic heterocycles. The van der Waals surface area contributed by atoms with Gasteiger partial charge < -0.3 is 19.8 Å². The molecule has 2 aromatic carbocycles. The maximum atomic E-state index is 12.9. The Labute approximate surface area is 218 Å². The van der Waals surface area contributed by atoms with E-state index in [2.05, 4.69) is 4.72 Å². The van der Waals surface area contributed by atoms with E-state index in [1.165, 1.54) is 30.9 Å². The maximum absolute atomic E-state index is 12.9. The van der Waals surface area contributed by atoms with Gasteiger partial charge in [0.25, 0.3) is 10.0 Å². The summed E-state index contributed by atoms with van der Waals surface area (Å²) in [6.45, 7) is 2.26. The summed E-state index contributed by atoms with van der Waals surface area (Å²) >= 11 is 0. The van der Waals surface area contributed by atoms with Crippen LogP contribution in [-0.4, -0.2) is 63.0 Å². The van der Waals surface area contributed by atoms with Crippen LogP contribution in [-0.2, 0) is 19.6 Å². The van der Waals surface area contributed by atoms with Gasteiger partial charge in [0.05, 0.1) is 29.4 Å². The van der Waals surface area contributed by atoms with Crippen molar-refractivity contribution >= 4 is 33.3 Å². The summed E-state index contributed by atoms with van der Waals surface area (Å²) in [7, 11) is -3.82. The van der Waals surface area contributed by atoms with Gasteiger partial charge in [-0.1, -0.05) is 31.4 Å². The minimum absolute atomic E-state index is 0.0646. The molecule has 1 saturated carbocycles. The lowest BCUT2D eigenvalue weighted by molar-refractivity contribution is -0.192. The molecule has 2 aromatic rings. The second kappa shape index (κ2) is 12.5. The van der Waals surface area contributed by atoms with Gasteiger partial charge in [-0.3, -0.25) is 4.72 Å². The number of ether oxygens (including phenoxy) is 1. The minimum atomic E-state index is -5.08. The molecule has 2 fully saturated rings. The molecule has 0 radical (unpaired) electrons. The smallest absolute Gasteiger partial charge is 0.478 e. The minimum Gasteiger partial charge on any atom is -0.478 e. The molecule has 3 N–H and O–H groups in total. The topological polar surface area (TPSA) is 133 Å². The van der Waals surface area contributed by atoms with Crippen molar-refractivity contribution in [3.8, 4) is 0 Å². The Hall–Kier alpha value is -3.32. The van der Waals surface area contributed by atoms with E-state index < -0.39 is 28.1 Å². The van der Waals surface area contributed by atoms with Gasteiger partial charge in [0.2, 0.25) is 0 Å². The third kappa shape index (κ3) is 7.84. The first-order valence-electron chi connectivity index (χ1n) is 12.0. The highest BCUT2D eigenvalue weighted by molar-refractivity contribution is 7.92. The van der Waals surface area contributed by atoms with E-state index in [4.69, 9.17) is 14.6 Å². The first-order valence-corrected chi connectivity index (χ1v) is 13.5. The van der Waals surface area contributed by atoms with Gasteiger partial charge in [-0.05, 0) is 54.7 Å². The number of benzene rings is 2. The molecule has 0 unspecified atom stereocenters. The van der Waals surface area contributed by atoms with Gasteiger partial charge in [0.15, 0.2) is 0 Å². The number of carboxylic acid groups (broad SMARTS) is 2. The number of morpholine rings is 1. The maximum Gasteiger partial charge on any atom is 0.490 e. The van der Waals surface area contributed by atoms with Crippen LogP contribution >= 0.6 is 0 Å². The zero-order valence-corrected chi connectivity index (χ0v) is 21.2. The average molecular weight is 559 g/mol. The molecule has 1 aliphatic heterocycles. The van der Waals surface area contributed by atoms with E-state index in [0.717, 1.165) is 12.8 Å². The lowest BCUT2D eigenvalue weighted by Gasteiger charge is -2.30. The van der Waals surface area contributed by atoms with Crippen molar-refractivity contribution in [3.05, 3.63) is 53.6 Å². The highest BCUT2D eigenvalue weighted by Gasteiger charge is 2.38. The first kappa shape index (κ1) is 29.2. The molecule has 1 saturated heterocycles. The van der Waals surface area contributed by atoms with Crippen LogP contribution in [0.3, 0.4) is 0 Å². The fourth-order valence-electron chi connectivity index (χ4n) is 4.42. The highest BCUT2D eigenvalue weighted by Crippen LogP contribution is 2.33. The van der Waals surface area contributed by atoms with Gasteiger partial charge in [0, 0.05) is 18.8 Å². The Kier molecular flexibility index (Phi) is 9.60. The quantitative estimate of drug-likeness (QED) is 0.465. The van der Waals surface area contributed by atoms with E-state index in [1.54, 1.807) is 24.3 Å². The molecule has 208 valence electrons. The number of carbonyl (C=O) groups is 2. The van der Waals surface area contributed by atoms with Crippen molar-refractivity contribution in [1.29, 1.82) is 0 Å². The van der Waals surface area contributed by atoms with Crippen LogP contribution in [0.15, 0.2) is 47.4 Å². The predicted molar refractivity (Wildman–Crippen MR) is 133 cm³/mol. The number of aliphatic carboxylic acids is 1. The Morgan fingerprint density at radius 1 is 0.947 bits per heavy atom. The van der Waals surface area contributed by atoms with Crippen molar-refractivity contribution in [1.82, 2.24) is 0 Å². The normalized spacial score (nSPS) is 16.8. The van der Waals surface area contributed by atoms with E-state index in [9.17, 15) is 31.5 Å². The fraction of sp³-hybridized carbons (Fsp3) is 0.440. The van der Waals surface area contributed by atoms with Crippen LogP contribution in [0, 0.1) is 0 Å². The summed E-state index contributed by atoms with van der Waals surface area (Å²) < 4.78 is 65.3. The molecule has 2 aliphatic rings. The van der Waals surface area contributed by atoms with Gasteiger partial charge >= 0.3 is 18.1 Å². The molecular formula is C25H29F3N2O7S. The molecule has 13 heteroatoms. The summed E-state index contributed by atoms with van der Waals surface area (Å²) in [4.78, 5) is 22.8. The summed E-state index contributed by atoms with van der Waals surface area (Å²) in [5.41, 5.74) is 2.04. The Morgan fingerprint density at radius 2 is 1.53 bits per heavy atom. The number of alkyl halides is 3. The number of anilines is 2. The van der Waals surface area contributed by atoms with E-state index >= 15 is 0 Å². The SMILES string of the molecule is O=C(O)C(F)(F)F.O=C(O)c1cc(NS(=O)(=O)c2ccc(C3CCCCC3)cc2)ccc1N1CCOCC1. The second-order valence-corrected chi connectivity index (χ2v) is 10.6. The highest BCUT2D eigenvalue weighted by atomic mass is 32.2. The van der Waals surface area contributed by atoms with Crippen molar-refractivity contribution in [2.75, 3.05) is 35.9 Å². The number of carboxylic acids is 2. The van der Waals surface area contributed by atoms with Gasteiger partial charge in [0.1, 0.15) is 0 Å². The van der Waals surface area contributed by atoms with Crippen molar-refractivity contribution in [3.63, 3.8) is 0 Å². The second-order valence-electron chi connectivity index (χ2n) is 8.95. The molecule has 0 bridgehead atoms. The summed E-state index contributed by atoms with van der Waals surface area (Å²) in [6, 6.07) is 11.7. The van der Waals surface area contributed by atoms with Crippen LogP contribution in [0.1, 0.15) is 53.9 Å². The summed E-state index contributed by atoms with van der Waals surface area (Å²) in [5, 5.41) is 16.8. The lowest BCUT2D eigenvalue weighted by atomic mass is 9.84. The number of nitrogens with zero attached hydrogens (tertiary/aromatic N) is 1. The molecule has 0 spiro atoms. The third-order valence-corrected chi connectivity index (χ3v) is 7.74. The molecule has 0 atom stereocenters. The van der Waals surface area contributed by atoms with E-state index in [0.29, 0.717) is 37.9 Å². The number of hydrogen-bond donors (Lipinski definition) is 3. The average Bonchev–Trinajstić information content (AvgIpc) is 2.89. The number of sulfonamides is 1. The molecular weight excluding hydrogens is 529 g/mol. The number of nitrogens with one attached hydrogen (secondary N) is 1. The van der Waals surface area contributed by atoms with Crippen molar-refractivity contribution in [2.45, 2.75) is 49.1 Å². The molecule has 4 rings (SSSR count). The van der Waals surface area contributed by atoms with Crippen LogP contribution in [0.5, 0.6) is 0 Å². The van der Waals surface area contributed by atoms with Crippen LogP contribution < -0.4 is 9.62 Å². The number of aromatic carboxylic acids is 1. The molecule has 1 heterocycles. The number of halogens is 3. The van der Waals surface area contributed by atoms with Gasteiger partial charge in [-0.15, -0.1) is 0 Å². The molecule has 0 amide bonds. The van der Waals surface area contributed by atoms with Crippen molar-refractivity contribution in [2.24, 2.45) is 0 Å². The van der Waals surface area contributed by atoms with E-state index in [1.807, 2.05) is 17.0 Å². The third-order valence-electron chi connectivity index (χ3n) is 6.34. The van der Waals surface area contributed by atoms with Gasteiger partial charge in [-0.2, -0.15) is 13.2 Å². The van der Waals surface area contributed by atoms with E-state index in [-0.39, 0.29) is 16.1 Å². The summed E-state index contributed by atoms with van der Waals surface area (Å²) in [6.07, 6.45) is 0.933. The van der Waals surface area contributed by atoms with Crippen LogP contribution in [0.2, 0.25) is 0 Å². The zero-order valence-electron chi connectivity index (χ0n) is 20.4. The molecule has 38 heavy (non-hydrogen) atoms. The predicted octanol–water partition coefficient (Wildman–Crippen LogP) is 4.70.